The Bertz CT molecular complexity index is 276. The number of hydrogen-bond acceptors (Lipinski definition) is 2. The largest absolute Gasteiger partial charge is 0.411 e. The van der Waals surface area contributed by atoms with Gasteiger partial charge in [-0.15, -0.1) is 0 Å². The summed E-state index contributed by atoms with van der Waals surface area (Å²) in [5.41, 5.74) is 1.36. The van der Waals surface area contributed by atoms with Crippen LogP contribution >= 0.6 is 0 Å². The average molecular weight is 226 g/mol. The fraction of sp³-hybridized carbons (Fsp3) is 0.750. The Hall–Kier alpha value is -0.413. The lowest BCUT2D eigenvalue weighted by molar-refractivity contribution is -0.123. The highest BCUT2D eigenvalue weighted by Crippen LogP contribution is 2.28. The van der Waals surface area contributed by atoms with Crippen molar-refractivity contribution in [1.82, 2.24) is 0 Å². The number of Topliss-reactive ketones (excluding diaryl/α,β-unsaturated/α-hetero) is 1. The first-order chi connectivity index (χ1) is 6.79. The number of ketones is 1. The molecule has 0 heterocycles. The standard InChI is InChI=1S/C12H22O2Si/c1-9-6-7-11(10(2)13)12(8-9)14-15(3,4)5/h8,11-12H,6-7H2,1-5H3/t11-,12-/m0/s1. The van der Waals surface area contributed by atoms with Gasteiger partial charge in [0.15, 0.2) is 8.32 Å². The Labute approximate surface area is 93.8 Å². The Morgan fingerprint density at radius 3 is 2.53 bits per heavy atom. The van der Waals surface area contributed by atoms with Gasteiger partial charge in [0.2, 0.25) is 0 Å². The molecule has 2 nitrogen and oxygen atoms in total. The lowest BCUT2D eigenvalue weighted by Gasteiger charge is -2.32. The van der Waals surface area contributed by atoms with Crippen LogP contribution in [0, 0.1) is 5.92 Å². The minimum Gasteiger partial charge on any atom is -0.411 e. The van der Waals surface area contributed by atoms with E-state index in [0.29, 0.717) is 0 Å². The molecule has 0 spiro atoms. The van der Waals surface area contributed by atoms with Crippen molar-refractivity contribution in [1.29, 1.82) is 0 Å². The molecule has 15 heavy (non-hydrogen) atoms. The van der Waals surface area contributed by atoms with E-state index >= 15 is 0 Å². The highest BCUT2D eigenvalue weighted by atomic mass is 28.4. The van der Waals surface area contributed by atoms with Gasteiger partial charge in [-0.2, -0.15) is 0 Å². The van der Waals surface area contributed by atoms with Gasteiger partial charge in [0, 0.05) is 5.92 Å². The summed E-state index contributed by atoms with van der Waals surface area (Å²) < 4.78 is 6.06. The van der Waals surface area contributed by atoms with Gasteiger partial charge in [-0.3, -0.25) is 4.79 Å². The zero-order valence-electron chi connectivity index (χ0n) is 10.5. The van der Waals surface area contributed by atoms with Crippen LogP contribution in [0.25, 0.3) is 0 Å². The van der Waals surface area contributed by atoms with Gasteiger partial charge < -0.3 is 4.43 Å². The average Bonchev–Trinajstić information content (AvgIpc) is 1.99. The van der Waals surface area contributed by atoms with Crippen LogP contribution < -0.4 is 0 Å². The minimum atomic E-state index is -1.56. The summed E-state index contributed by atoms with van der Waals surface area (Å²) in [6, 6.07) is 0. The van der Waals surface area contributed by atoms with Crippen molar-refractivity contribution >= 4 is 14.1 Å². The number of carbonyl (C=O) groups excluding carboxylic acids is 1. The summed E-state index contributed by atoms with van der Waals surface area (Å²) in [4.78, 5) is 11.5. The molecule has 0 amide bonds. The second kappa shape index (κ2) is 4.62. The molecule has 86 valence electrons. The molecule has 2 atom stereocenters. The van der Waals surface area contributed by atoms with Crippen LogP contribution in [0.4, 0.5) is 0 Å². The quantitative estimate of drug-likeness (QED) is 0.546. The molecule has 0 N–H and O–H groups in total. The molecule has 0 saturated carbocycles. The van der Waals surface area contributed by atoms with Gasteiger partial charge in [0.05, 0.1) is 6.10 Å². The van der Waals surface area contributed by atoms with Crippen LogP contribution in [0.15, 0.2) is 11.6 Å². The molecule has 3 heteroatoms. The van der Waals surface area contributed by atoms with Crippen LogP contribution in [0.1, 0.15) is 26.7 Å². The van der Waals surface area contributed by atoms with E-state index in [0.717, 1.165) is 12.8 Å². The second-order valence-corrected chi connectivity index (χ2v) is 9.92. The summed E-state index contributed by atoms with van der Waals surface area (Å²) in [6.07, 6.45) is 4.17. The Morgan fingerprint density at radius 2 is 2.07 bits per heavy atom. The number of hydrogen-bond donors (Lipinski definition) is 0. The van der Waals surface area contributed by atoms with E-state index in [-0.39, 0.29) is 17.8 Å². The van der Waals surface area contributed by atoms with Gasteiger partial charge in [0.1, 0.15) is 5.78 Å². The Kier molecular flexibility index (Phi) is 3.90. The molecular weight excluding hydrogens is 204 g/mol. The van der Waals surface area contributed by atoms with Crippen molar-refractivity contribution in [3.8, 4) is 0 Å². The monoisotopic (exact) mass is 226 g/mol. The first-order valence-corrected chi connectivity index (χ1v) is 9.06. The second-order valence-electron chi connectivity index (χ2n) is 5.46. The molecule has 0 fully saturated rings. The van der Waals surface area contributed by atoms with Crippen molar-refractivity contribution in [2.45, 2.75) is 52.4 Å². The van der Waals surface area contributed by atoms with E-state index in [2.05, 4.69) is 32.6 Å². The molecule has 1 rings (SSSR count). The molecule has 0 unspecified atom stereocenters. The van der Waals surface area contributed by atoms with Gasteiger partial charge >= 0.3 is 0 Å². The smallest absolute Gasteiger partial charge is 0.184 e. The third-order valence-electron chi connectivity index (χ3n) is 2.71. The molecule has 0 aliphatic heterocycles. The number of allylic oxidation sites excluding steroid dienone is 1. The first kappa shape index (κ1) is 12.7. The molecule has 0 aromatic heterocycles. The van der Waals surface area contributed by atoms with Crippen molar-refractivity contribution in [3.63, 3.8) is 0 Å². The van der Waals surface area contributed by atoms with Crippen LogP contribution in [0.3, 0.4) is 0 Å². The predicted molar refractivity (Wildman–Crippen MR) is 65.4 cm³/mol. The van der Waals surface area contributed by atoms with Crippen LogP contribution in [-0.2, 0) is 9.22 Å². The number of rotatable bonds is 3. The molecule has 1 aliphatic rings. The van der Waals surface area contributed by atoms with E-state index in [9.17, 15) is 4.79 Å². The topological polar surface area (TPSA) is 26.3 Å². The van der Waals surface area contributed by atoms with Crippen molar-refractivity contribution < 1.29 is 9.22 Å². The maximum atomic E-state index is 11.5. The van der Waals surface area contributed by atoms with E-state index in [1.807, 2.05) is 0 Å². The third kappa shape index (κ3) is 3.91. The van der Waals surface area contributed by atoms with Crippen LogP contribution in [0.2, 0.25) is 19.6 Å². The van der Waals surface area contributed by atoms with Gasteiger partial charge in [0.25, 0.3) is 0 Å². The third-order valence-corrected chi connectivity index (χ3v) is 3.69. The zero-order chi connectivity index (χ0) is 11.6. The molecule has 0 aromatic rings. The van der Waals surface area contributed by atoms with E-state index in [1.54, 1.807) is 6.92 Å². The molecule has 0 radical (unpaired) electrons. The van der Waals surface area contributed by atoms with Gasteiger partial charge in [-0.05, 0) is 46.3 Å². The number of carbonyl (C=O) groups is 1. The summed E-state index contributed by atoms with van der Waals surface area (Å²) in [7, 11) is -1.56. The molecule has 0 saturated heterocycles. The highest BCUT2D eigenvalue weighted by Gasteiger charge is 2.31. The maximum Gasteiger partial charge on any atom is 0.184 e. The minimum absolute atomic E-state index is 0.0305. The lowest BCUT2D eigenvalue weighted by Crippen LogP contribution is -2.39. The maximum absolute atomic E-state index is 11.5. The van der Waals surface area contributed by atoms with Gasteiger partial charge in [-0.1, -0.05) is 11.6 Å². The molecule has 0 bridgehead atoms. The summed E-state index contributed by atoms with van der Waals surface area (Å²) >= 11 is 0. The Morgan fingerprint density at radius 1 is 1.47 bits per heavy atom. The normalized spacial score (nSPS) is 27.4. The molecule has 0 aromatic carbocycles. The predicted octanol–water partition coefficient (Wildman–Crippen LogP) is 3.15. The van der Waals surface area contributed by atoms with Gasteiger partial charge in [-0.25, -0.2) is 0 Å². The zero-order valence-corrected chi connectivity index (χ0v) is 11.5. The van der Waals surface area contributed by atoms with Crippen LogP contribution in [0.5, 0.6) is 0 Å². The van der Waals surface area contributed by atoms with E-state index in [4.69, 9.17) is 4.43 Å². The van der Waals surface area contributed by atoms with Crippen molar-refractivity contribution in [2.75, 3.05) is 0 Å². The summed E-state index contributed by atoms with van der Waals surface area (Å²) in [5.74, 6) is 0.349. The molecular formula is C12H22O2Si. The highest BCUT2D eigenvalue weighted by molar-refractivity contribution is 6.69. The fourth-order valence-electron chi connectivity index (χ4n) is 1.99. The van der Waals surface area contributed by atoms with Crippen molar-refractivity contribution in [2.24, 2.45) is 5.92 Å². The lowest BCUT2D eigenvalue weighted by atomic mass is 9.85. The fourth-order valence-corrected chi connectivity index (χ4v) is 3.04. The van der Waals surface area contributed by atoms with Crippen LogP contribution in [-0.4, -0.2) is 20.2 Å². The van der Waals surface area contributed by atoms with E-state index in [1.165, 1.54) is 5.57 Å². The summed E-state index contributed by atoms with van der Waals surface area (Å²) in [6.45, 7) is 10.3. The Balaban J connectivity index is 2.79. The molecule has 1 aliphatic carbocycles. The first-order valence-electron chi connectivity index (χ1n) is 5.65. The summed E-state index contributed by atoms with van der Waals surface area (Å²) in [5, 5.41) is 0. The van der Waals surface area contributed by atoms with Crippen molar-refractivity contribution in [3.05, 3.63) is 11.6 Å². The SMILES string of the molecule is CC(=O)[C@@H]1CCC(C)=C[C@@H]1O[Si](C)(C)C. The van der Waals surface area contributed by atoms with E-state index < -0.39 is 8.32 Å².